The van der Waals surface area contributed by atoms with Gasteiger partial charge in [-0.1, -0.05) is 19.4 Å². The zero-order valence-electron chi connectivity index (χ0n) is 9.64. The molecule has 1 aromatic rings. The van der Waals surface area contributed by atoms with Crippen LogP contribution in [0.3, 0.4) is 0 Å². The highest BCUT2D eigenvalue weighted by Crippen LogP contribution is 2.16. The molecule has 0 unspecified atom stereocenters. The Morgan fingerprint density at radius 1 is 1.44 bits per heavy atom. The van der Waals surface area contributed by atoms with Crippen LogP contribution in [0.25, 0.3) is 0 Å². The van der Waals surface area contributed by atoms with Crippen molar-refractivity contribution >= 4 is 23.0 Å². The maximum absolute atomic E-state index is 13.2. The molecule has 0 atom stereocenters. The standard InChI is InChI=1S/C12H17FN2S/c1-3-4-8-14-12(16)15-11-7-5-6-10(13)9(11)2/h5-7H,3-4,8H2,1-2H3,(H2,14,15,16). The summed E-state index contributed by atoms with van der Waals surface area (Å²) in [5.41, 5.74) is 1.30. The molecular formula is C12H17FN2S. The van der Waals surface area contributed by atoms with Crippen LogP contribution in [0.5, 0.6) is 0 Å². The smallest absolute Gasteiger partial charge is 0.170 e. The second kappa shape index (κ2) is 6.43. The van der Waals surface area contributed by atoms with Gasteiger partial charge >= 0.3 is 0 Å². The number of rotatable bonds is 4. The Kier molecular flexibility index (Phi) is 5.19. The molecule has 0 fully saturated rings. The maximum atomic E-state index is 13.2. The summed E-state index contributed by atoms with van der Waals surface area (Å²) in [6, 6.07) is 4.92. The maximum Gasteiger partial charge on any atom is 0.170 e. The summed E-state index contributed by atoms with van der Waals surface area (Å²) in [7, 11) is 0. The lowest BCUT2D eigenvalue weighted by atomic mass is 10.2. The van der Waals surface area contributed by atoms with Gasteiger partial charge in [-0.15, -0.1) is 0 Å². The second-order valence-electron chi connectivity index (χ2n) is 3.65. The summed E-state index contributed by atoms with van der Waals surface area (Å²) in [6.07, 6.45) is 2.19. The fourth-order valence-corrected chi connectivity index (χ4v) is 1.50. The summed E-state index contributed by atoms with van der Waals surface area (Å²) < 4.78 is 13.2. The predicted molar refractivity (Wildman–Crippen MR) is 70.3 cm³/mol. The van der Waals surface area contributed by atoms with Gasteiger partial charge < -0.3 is 10.6 Å². The highest BCUT2D eigenvalue weighted by molar-refractivity contribution is 7.80. The van der Waals surface area contributed by atoms with Crippen molar-refractivity contribution in [2.75, 3.05) is 11.9 Å². The zero-order chi connectivity index (χ0) is 12.0. The van der Waals surface area contributed by atoms with Crippen LogP contribution in [0.1, 0.15) is 25.3 Å². The van der Waals surface area contributed by atoms with Crippen molar-refractivity contribution in [1.82, 2.24) is 5.32 Å². The van der Waals surface area contributed by atoms with Crippen LogP contribution in [-0.2, 0) is 0 Å². The van der Waals surface area contributed by atoms with E-state index in [4.69, 9.17) is 12.2 Å². The van der Waals surface area contributed by atoms with E-state index in [9.17, 15) is 4.39 Å². The summed E-state index contributed by atoms with van der Waals surface area (Å²) in [5.74, 6) is -0.221. The molecule has 2 N–H and O–H groups in total. The van der Waals surface area contributed by atoms with Gasteiger partial charge in [-0.3, -0.25) is 0 Å². The number of anilines is 1. The molecule has 1 rings (SSSR count). The van der Waals surface area contributed by atoms with Gasteiger partial charge in [0.05, 0.1) is 0 Å². The van der Waals surface area contributed by atoms with Gasteiger partial charge in [-0.2, -0.15) is 0 Å². The summed E-state index contributed by atoms with van der Waals surface area (Å²) >= 11 is 5.11. The lowest BCUT2D eigenvalue weighted by Crippen LogP contribution is -2.29. The lowest BCUT2D eigenvalue weighted by Gasteiger charge is -2.12. The minimum Gasteiger partial charge on any atom is -0.362 e. The SMILES string of the molecule is CCCCNC(=S)Nc1cccc(F)c1C. The van der Waals surface area contributed by atoms with Gasteiger partial charge in [0.15, 0.2) is 5.11 Å². The van der Waals surface area contributed by atoms with Crippen LogP contribution in [0.2, 0.25) is 0 Å². The topological polar surface area (TPSA) is 24.1 Å². The van der Waals surface area contributed by atoms with Crippen molar-refractivity contribution < 1.29 is 4.39 Å². The van der Waals surface area contributed by atoms with Crippen molar-refractivity contribution in [3.8, 4) is 0 Å². The van der Waals surface area contributed by atoms with E-state index in [1.807, 2.05) is 6.07 Å². The molecule has 0 aliphatic rings. The first-order valence-electron chi connectivity index (χ1n) is 5.45. The number of benzene rings is 1. The van der Waals surface area contributed by atoms with Crippen molar-refractivity contribution in [2.24, 2.45) is 0 Å². The average molecular weight is 240 g/mol. The van der Waals surface area contributed by atoms with E-state index in [2.05, 4.69) is 17.6 Å². The number of hydrogen-bond acceptors (Lipinski definition) is 1. The number of thiocarbonyl (C=S) groups is 1. The average Bonchev–Trinajstić information content (AvgIpc) is 2.25. The van der Waals surface area contributed by atoms with Crippen molar-refractivity contribution in [3.63, 3.8) is 0 Å². The lowest BCUT2D eigenvalue weighted by molar-refractivity contribution is 0.619. The second-order valence-corrected chi connectivity index (χ2v) is 4.06. The normalized spacial score (nSPS) is 9.94. The van der Waals surface area contributed by atoms with E-state index >= 15 is 0 Å². The minimum atomic E-state index is -0.221. The van der Waals surface area contributed by atoms with E-state index in [0.29, 0.717) is 16.4 Å². The Labute approximate surface area is 101 Å². The van der Waals surface area contributed by atoms with E-state index in [-0.39, 0.29) is 5.82 Å². The number of hydrogen-bond donors (Lipinski definition) is 2. The molecule has 88 valence electrons. The third-order valence-corrected chi connectivity index (χ3v) is 2.58. The fraction of sp³-hybridized carbons (Fsp3) is 0.417. The zero-order valence-corrected chi connectivity index (χ0v) is 10.5. The Hall–Kier alpha value is -1.16. The van der Waals surface area contributed by atoms with E-state index in [0.717, 1.165) is 19.4 Å². The molecule has 0 aliphatic heterocycles. The van der Waals surface area contributed by atoms with Gasteiger partial charge in [0.25, 0.3) is 0 Å². The van der Waals surface area contributed by atoms with E-state index < -0.39 is 0 Å². The molecule has 0 bridgehead atoms. The van der Waals surface area contributed by atoms with Gasteiger partial charge in [-0.25, -0.2) is 4.39 Å². The van der Waals surface area contributed by atoms with Crippen LogP contribution < -0.4 is 10.6 Å². The molecule has 0 radical (unpaired) electrons. The minimum absolute atomic E-state index is 0.221. The molecule has 0 saturated carbocycles. The van der Waals surface area contributed by atoms with Crippen LogP contribution in [0, 0.1) is 12.7 Å². The van der Waals surface area contributed by atoms with Crippen LogP contribution in [0.4, 0.5) is 10.1 Å². The first-order chi connectivity index (χ1) is 7.65. The molecule has 2 nitrogen and oxygen atoms in total. The summed E-state index contributed by atoms with van der Waals surface area (Å²) in [4.78, 5) is 0. The number of unbranched alkanes of at least 4 members (excludes halogenated alkanes) is 1. The van der Waals surface area contributed by atoms with Crippen LogP contribution in [-0.4, -0.2) is 11.7 Å². The highest BCUT2D eigenvalue weighted by Gasteiger charge is 2.04. The molecule has 0 saturated heterocycles. The Balaban J connectivity index is 2.53. The van der Waals surface area contributed by atoms with Crippen LogP contribution >= 0.6 is 12.2 Å². The first kappa shape index (κ1) is 12.9. The molecule has 1 aromatic carbocycles. The number of nitrogens with one attached hydrogen (secondary N) is 2. The van der Waals surface area contributed by atoms with Crippen LogP contribution in [0.15, 0.2) is 18.2 Å². The fourth-order valence-electron chi connectivity index (χ4n) is 1.29. The van der Waals surface area contributed by atoms with E-state index in [1.54, 1.807) is 13.0 Å². The van der Waals surface area contributed by atoms with E-state index in [1.165, 1.54) is 6.07 Å². The third-order valence-electron chi connectivity index (χ3n) is 2.33. The van der Waals surface area contributed by atoms with Gasteiger partial charge in [0.2, 0.25) is 0 Å². The molecule has 0 amide bonds. The Morgan fingerprint density at radius 2 is 2.19 bits per heavy atom. The number of halogens is 1. The predicted octanol–water partition coefficient (Wildman–Crippen LogP) is 3.22. The highest BCUT2D eigenvalue weighted by atomic mass is 32.1. The first-order valence-corrected chi connectivity index (χ1v) is 5.86. The van der Waals surface area contributed by atoms with Crippen molar-refractivity contribution in [1.29, 1.82) is 0 Å². The van der Waals surface area contributed by atoms with Crippen molar-refractivity contribution in [2.45, 2.75) is 26.7 Å². The van der Waals surface area contributed by atoms with Gasteiger partial charge in [0, 0.05) is 17.8 Å². The molecule has 0 aliphatic carbocycles. The largest absolute Gasteiger partial charge is 0.362 e. The Bertz CT molecular complexity index is 366. The third kappa shape index (κ3) is 3.77. The van der Waals surface area contributed by atoms with Gasteiger partial charge in [0.1, 0.15) is 5.82 Å². The quantitative estimate of drug-likeness (QED) is 0.624. The molecule has 0 heterocycles. The molecular weight excluding hydrogens is 223 g/mol. The summed E-state index contributed by atoms with van der Waals surface area (Å²) in [5, 5.41) is 6.61. The molecule has 16 heavy (non-hydrogen) atoms. The molecule has 0 spiro atoms. The molecule has 0 aromatic heterocycles. The summed E-state index contributed by atoms with van der Waals surface area (Å²) in [6.45, 7) is 4.69. The molecule has 4 heteroatoms. The Morgan fingerprint density at radius 3 is 2.88 bits per heavy atom. The van der Waals surface area contributed by atoms with Gasteiger partial charge in [-0.05, 0) is 37.7 Å². The van der Waals surface area contributed by atoms with Crippen molar-refractivity contribution in [3.05, 3.63) is 29.6 Å². The monoisotopic (exact) mass is 240 g/mol.